The van der Waals surface area contributed by atoms with Crippen LogP contribution in [0, 0.1) is 5.92 Å². The van der Waals surface area contributed by atoms with E-state index in [4.69, 9.17) is 9.73 Å². The van der Waals surface area contributed by atoms with Crippen LogP contribution >= 0.6 is 0 Å². The van der Waals surface area contributed by atoms with Crippen molar-refractivity contribution in [2.75, 3.05) is 59.5 Å². The molecule has 21 heavy (non-hydrogen) atoms. The first-order valence-electron chi connectivity index (χ1n) is 8.58. The lowest BCUT2D eigenvalue weighted by atomic mass is 10.1. The lowest BCUT2D eigenvalue weighted by Gasteiger charge is -2.26. The second kappa shape index (κ2) is 9.26. The zero-order valence-electron chi connectivity index (χ0n) is 13.8. The van der Waals surface area contributed by atoms with Gasteiger partial charge in [0.25, 0.3) is 0 Å². The number of hydrogen-bond donors (Lipinski definition) is 1. The van der Waals surface area contributed by atoms with Crippen LogP contribution < -0.4 is 5.32 Å². The Morgan fingerprint density at radius 2 is 2.05 bits per heavy atom. The van der Waals surface area contributed by atoms with Gasteiger partial charge in [0, 0.05) is 39.2 Å². The standard InChI is InChI=1S/C16H32N4O/c1-3-17-16(20-11-7-15(13-20)14-21-2)18-8-12-19-9-5-4-6-10-19/h15H,3-14H2,1-2H3,(H,17,18). The van der Waals surface area contributed by atoms with Crippen molar-refractivity contribution >= 4 is 5.96 Å². The number of nitrogens with one attached hydrogen (secondary N) is 1. The van der Waals surface area contributed by atoms with Crippen LogP contribution in [0.2, 0.25) is 0 Å². The zero-order chi connectivity index (χ0) is 14.9. The molecule has 2 aliphatic heterocycles. The molecular formula is C16H32N4O. The Balaban J connectivity index is 1.78. The summed E-state index contributed by atoms with van der Waals surface area (Å²) in [6.45, 7) is 10.6. The molecule has 5 nitrogen and oxygen atoms in total. The molecule has 0 aromatic rings. The number of hydrogen-bond acceptors (Lipinski definition) is 3. The second-order valence-electron chi connectivity index (χ2n) is 6.19. The van der Waals surface area contributed by atoms with E-state index in [9.17, 15) is 0 Å². The average Bonchev–Trinajstić information content (AvgIpc) is 2.96. The SMILES string of the molecule is CCNC(=NCCN1CCCCC1)N1CCC(COC)C1. The summed E-state index contributed by atoms with van der Waals surface area (Å²) < 4.78 is 5.28. The maximum atomic E-state index is 5.28. The molecule has 5 heteroatoms. The molecule has 0 aromatic heterocycles. The molecule has 0 amide bonds. The van der Waals surface area contributed by atoms with Gasteiger partial charge in [0.05, 0.1) is 13.2 Å². The van der Waals surface area contributed by atoms with Gasteiger partial charge in [0.1, 0.15) is 0 Å². The van der Waals surface area contributed by atoms with E-state index in [2.05, 4.69) is 22.0 Å². The van der Waals surface area contributed by atoms with Gasteiger partial charge in [-0.05, 0) is 39.3 Å². The fourth-order valence-electron chi connectivity index (χ4n) is 3.30. The highest BCUT2D eigenvalue weighted by atomic mass is 16.5. The highest BCUT2D eigenvalue weighted by Gasteiger charge is 2.24. The van der Waals surface area contributed by atoms with Crippen LogP contribution in [0.4, 0.5) is 0 Å². The summed E-state index contributed by atoms with van der Waals surface area (Å²) >= 11 is 0. The fraction of sp³-hybridized carbons (Fsp3) is 0.938. The van der Waals surface area contributed by atoms with Crippen molar-refractivity contribution in [3.05, 3.63) is 0 Å². The number of methoxy groups -OCH3 is 1. The Bertz CT molecular complexity index is 315. The molecule has 0 bridgehead atoms. The number of rotatable bonds is 6. The summed E-state index contributed by atoms with van der Waals surface area (Å²) in [4.78, 5) is 9.78. The molecule has 0 spiro atoms. The van der Waals surface area contributed by atoms with Gasteiger partial charge in [-0.1, -0.05) is 6.42 Å². The van der Waals surface area contributed by atoms with Crippen molar-refractivity contribution in [2.45, 2.75) is 32.6 Å². The van der Waals surface area contributed by atoms with Gasteiger partial charge in [-0.3, -0.25) is 4.99 Å². The maximum Gasteiger partial charge on any atom is 0.193 e. The lowest BCUT2D eigenvalue weighted by molar-refractivity contribution is 0.157. The third-order valence-electron chi connectivity index (χ3n) is 4.45. The number of ether oxygens (including phenoxy) is 1. The van der Waals surface area contributed by atoms with Crippen LogP contribution in [0.5, 0.6) is 0 Å². The quantitative estimate of drug-likeness (QED) is 0.594. The zero-order valence-corrected chi connectivity index (χ0v) is 13.8. The van der Waals surface area contributed by atoms with Gasteiger partial charge in [-0.25, -0.2) is 0 Å². The van der Waals surface area contributed by atoms with Crippen LogP contribution in [0.25, 0.3) is 0 Å². The van der Waals surface area contributed by atoms with Gasteiger partial charge in [0.2, 0.25) is 0 Å². The van der Waals surface area contributed by atoms with Gasteiger partial charge >= 0.3 is 0 Å². The van der Waals surface area contributed by atoms with Crippen molar-refractivity contribution in [1.29, 1.82) is 0 Å². The molecule has 2 aliphatic rings. The second-order valence-corrected chi connectivity index (χ2v) is 6.19. The highest BCUT2D eigenvalue weighted by Crippen LogP contribution is 2.16. The van der Waals surface area contributed by atoms with Gasteiger partial charge in [-0.15, -0.1) is 0 Å². The van der Waals surface area contributed by atoms with E-state index in [0.717, 1.165) is 45.3 Å². The minimum atomic E-state index is 0.654. The molecule has 0 aliphatic carbocycles. The minimum Gasteiger partial charge on any atom is -0.384 e. The van der Waals surface area contributed by atoms with E-state index in [1.165, 1.54) is 38.8 Å². The predicted octanol–water partition coefficient (Wildman–Crippen LogP) is 1.41. The van der Waals surface area contributed by atoms with Crippen molar-refractivity contribution < 1.29 is 4.74 Å². The van der Waals surface area contributed by atoms with Gasteiger partial charge < -0.3 is 19.9 Å². The van der Waals surface area contributed by atoms with Crippen molar-refractivity contribution in [3.8, 4) is 0 Å². The maximum absolute atomic E-state index is 5.28. The molecule has 2 fully saturated rings. The number of guanidine groups is 1. The van der Waals surface area contributed by atoms with Gasteiger partial charge in [0.15, 0.2) is 5.96 Å². The predicted molar refractivity (Wildman–Crippen MR) is 87.8 cm³/mol. The molecule has 1 atom stereocenters. The van der Waals surface area contributed by atoms with E-state index in [1.807, 2.05) is 0 Å². The minimum absolute atomic E-state index is 0.654. The largest absolute Gasteiger partial charge is 0.384 e. The Hall–Kier alpha value is -0.810. The molecule has 122 valence electrons. The molecule has 0 radical (unpaired) electrons. The first-order valence-corrected chi connectivity index (χ1v) is 8.58. The van der Waals surface area contributed by atoms with E-state index >= 15 is 0 Å². The summed E-state index contributed by atoms with van der Waals surface area (Å²) in [5, 5.41) is 3.44. The summed E-state index contributed by atoms with van der Waals surface area (Å²) in [7, 11) is 1.79. The molecule has 2 rings (SSSR count). The normalized spacial score (nSPS) is 24.6. The number of likely N-dealkylation sites (tertiary alicyclic amines) is 2. The summed E-state index contributed by atoms with van der Waals surface area (Å²) in [6.07, 6.45) is 5.32. The third kappa shape index (κ3) is 5.47. The molecule has 1 N–H and O–H groups in total. The van der Waals surface area contributed by atoms with E-state index < -0.39 is 0 Å². The number of piperidine rings is 1. The summed E-state index contributed by atoms with van der Waals surface area (Å²) in [5.41, 5.74) is 0. The van der Waals surface area contributed by atoms with Crippen LogP contribution in [0.15, 0.2) is 4.99 Å². The average molecular weight is 296 g/mol. The Morgan fingerprint density at radius 3 is 2.76 bits per heavy atom. The Labute approximate surface area is 129 Å². The molecular weight excluding hydrogens is 264 g/mol. The van der Waals surface area contributed by atoms with Crippen LogP contribution in [-0.4, -0.2) is 75.3 Å². The van der Waals surface area contributed by atoms with Crippen molar-refractivity contribution in [3.63, 3.8) is 0 Å². The fourth-order valence-corrected chi connectivity index (χ4v) is 3.30. The summed E-state index contributed by atoms with van der Waals surface area (Å²) in [5.74, 6) is 1.74. The Kier molecular flexibility index (Phi) is 7.30. The first kappa shape index (κ1) is 16.6. The van der Waals surface area contributed by atoms with Crippen LogP contribution in [0.3, 0.4) is 0 Å². The highest BCUT2D eigenvalue weighted by molar-refractivity contribution is 5.80. The van der Waals surface area contributed by atoms with Crippen LogP contribution in [0.1, 0.15) is 32.6 Å². The smallest absolute Gasteiger partial charge is 0.193 e. The first-order chi connectivity index (χ1) is 10.3. The van der Waals surface area contributed by atoms with E-state index in [0.29, 0.717) is 5.92 Å². The Morgan fingerprint density at radius 1 is 1.24 bits per heavy atom. The summed E-state index contributed by atoms with van der Waals surface area (Å²) in [6, 6.07) is 0. The molecule has 2 saturated heterocycles. The van der Waals surface area contributed by atoms with E-state index in [1.54, 1.807) is 7.11 Å². The van der Waals surface area contributed by atoms with E-state index in [-0.39, 0.29) is 0 Å². The third-order valence-corrected chi connectivity index (χ3v) is 4.45. The van der Waals surface area contributed by atoms with Crippen molar-refractivity contribution in [2.24, 2.45) is 10.9 Å². The molecule has 0 saturated carbocycles. The molecule has 2 heterocycles. The monoisotopic (exact) mass is 296 g/mol. The van der Waals surface area contributed by atoms with Gasteiger partial charge in [-0.2, -0.15) is 0 Å². The lowest BCUT2D eigenvalue weighted by Crippen LogP contribution is -2.41. The number of aliphatic imine (C=N–C) groups is 1. The van der Waals surface area contributed by atoms with Crippen molar-refractivity contribution in [1.82, 2.24) is 15.1 Å². The topological polar surface area (TPSA) is 40.1 Å². The van der Waals surface area contributed by atoms with Crippen LogP contribution in [-0.2, 0) is 4.74 Å². The number of nitrogens with zero attached hydrogens (tertiary/aromatic N) is 3. The molecule has 1 unspecified atom stereocenters. The molecule has 0 aromatic carbocycles.